The maximum atomic E-state index is 12.3. The van der Waals surface area contributed by atoms with Crippen LogP contribution in [0.5, 0.6) is 0 Å². The van der Waals surface area contributed by atoms with Crippen LogP contribution >= 0.6 is 0 Å². The molecule has 4 aromatic rings. The van der Waals surface area contributed by atoms with Crippen LogP contribution in [0, 0.1) is 0 Å². The third kappa shape index (κ3) is 6.26. The van der Waals surface area contributed by atoms with Crippen LogP contribution in [0.3, 0.4) is 0 Å². The summed E-state index contributed by atoms with van der Waals surface area (Å²) in [4.78, 5) is 32.8. The van der Waals surface area contributed by atoms with Gasteiger partial charge in [-0.05, 0) is 35.2 Å². The molecule has 1 heterocycles. The van der Waals surface area contributed by atoms with E-state index in [-0.39, 0.29) is 12.5 Å². The first-order chi connectivity index (χ1) is 17.0. The van der Waals surface area contributed by atoms with Crippen LogP contribution in [0.2, 0.25) is 0 Å². The SMILES string of the molecule is NC(=O)CCCCC[C@@H](c1ncc(-c2ccc3ccccc3c2)[nH]1)N(Cc1ccccc1)C(=O)O. The molecule has 2 amide bonds. The number of imidazole rings is 1. The molecule has 35 heavy (non-hydrogen) atoms. The Balaban J connectivity index is 1.59. The van der Waals surface area contributed by atoms with Gasteiger partial charge in [0.15, 0.2) is 0 Å². The number of nitrogens with two attached hydrogens (primary N) is 1. The second kappa shape index (κ2) is 11.3. The number of carbonyl (C=O) groups excluding carboxylic acids is 1. The lowest BCUT2D eigenvalue weighted by atomic mass is 10.0. The smallest absolute Gasteiger partial charge is 0.408 e. The summed E-state index contributed by atoms with van der Waals surface area (Å²) >= 11 is 0. The highest BCUT2D eigenvalue weighted by molar-refractivity contribution is 5.86. The molecule has 0 aliphatic rings. The maximum Gasteiger partial charge on any atom is 0.408 e. The largest absolute Gasteiger partial charge is 0.465 e. The lowest BCUT2D eigenvalue weighted by molar-refractivity contribution is -0.118. The molecule has 7 heteroatoms. The topological polar surface area (TPSA) is 112 Å². The van der Waals surface area contributed by atoms with Gasteiger partial charge >= 0.3 is 6.09 Å². The summed E-state index contributed by atoms with van der Waals surface area (Å²) in [6, 6.07) is 23.5. The van der Waals surface area contributed by atoms with E-state index in [9.17, 15) is 14.7 Å². The lowest BCUT2D eigenvalue weighted by Crippen LogP contribution is -2.34. The minimum absolute atomic E-state index is 0.258. The highest BCUT2D eigenvalue weighted by Crippen LogP contribution is 2.30. The van der Waals surface area contributed by atoms with Gasteiger partial charge in [0, 0.05) is 18.5 Å². The minimum atomic E-state index is -1.00. The van der Waals surface area contributed by atoms with Crippen LogP contribution < -0.4 is 5.73 Å². The predicted molar refractivity (Wildman–Crippen MR) is 137 cm³/mol. The average molecular weight is 471 g/mol. The van der Waals surface area contributed by atoms with Gasteiger partial charge in [-0.15, -0.1) is 0 Å². The van der Waals surface area contributed by atoms with Crippen molar-refractivity contribution in [3.63, 3.8) is 0 Å². The normalized spacial score (nSPS) is 11.9. The van der Waals surface area contributed by atoms with E-state index in [4.69, 9.17) is 5.73 Å². The zero-order valence-electron chi connectivity index (χ0n) is 19.6. The number of carbonyl (C=O) groups is 2. The van der Waals surface area contributed by atoms with Crippen molar-refractivity contribution in [1.29, 1.82) is 0 Å². The number of nitrogens with one attached hydrogen (secondary N) is 1. The van der Waals surface area contributed by atoms with E-state index in [0.717, 1.165) is 40.4 Å². The molecule has 0 aliphatic carbocycles. The Kier molecular flexibility index (Phi) is 7.77. The third-order valence-electron chi connectivity index (χ3n) is 6.19. The Bertz CT molecular complexity index is 1290. The molecule has 4 N–H and O–H groups in total. The molecule has 3 aromatic carbocycles. The average Bonchev–Trinajstić information content (AvgIpc) is 3.35. The van der Waals surface area contributed by atoms with Crippen molar-refractivity contribution in [2.75, 3.05) is 0 Å². The van der Waals surface area contributed by atoms with Gasteiger partial charge in [0.05, 0.1) is 17.9 Å². The number of aromatic nitrogens is 2. The molecule has 1 aromatic heterocycles. The number of hydrogen-bond acceptors (Lipinski definition) is 3. The van der Waals surface area contributed by atoms with E-state index in [1.165, 1.54) is 4.90 Å². The van der Waals surface area contributed by atoms with Crippen LogP contribution in [-0.4, -0.2) is 32.0 Å². The Hall–Kier alpha value is -4.13. The molecule has 0 saturated heterocycles. The van der Waals surface area contributed by atoms with Crippen LogP contribution in [0.15, 0.2) is 79.0 Å². The molecule has 7 nitrogen and oxygen atoms in total. The standard InChI is InChI=1S/C28H30N4O3/c29-26(33)14-6-2-5-13-25(32(28(34)35)19-20-9-3-1-4-10-20)27-30-18-24(31-27)23-16-15-21-11-7-8-12-22(21)17-23/h1,3-4,7-12,15-18,25H,2,5-6,13-14,19H2,(H2,29,33)(H,30,31)(H,34,35)/t25-/m0/s1. The molecule has 0 spiro atoms. The zero-order valence-corrected chi connectivity index (χ0v) is 19.6. The molecule has 0 unspecified atom stereocenters. The van der Waals surface area contributed by atoms with E-state index < -0.39 is 12.1 Å². The maximum absolute atomic E-state index is 12.3. The Morgan fingerprint density at radius 3 is 2.43 bits per heavy atom. The van der Waals surface area contributed by atoms with Gasteiger partial charge in [0.1, 0.15) is 5.82 Å². The number of nitrogens with zero attached hydrogens (tertiary/aromatic N) is 2. The van der Waals surface area contributed by atoms with Crippen LogP contribution in [0.25, 0.3) is 22.0 Å². The summed E-state index contributed by atoms with van der Waals surface area (Å²) < 4.78 is 0. The van der Waals surface area contributed by atoms with E-state index in [1.807, 2.05) is 48.5 Å². The molecule has 0 aliphatic heterocycles. The van der Waals surface area contributed by atoms with Gasteiger partial charge in [-0.1, -0.05) is 79.6 Å². The third-order valence-corrected chi connectivity index (χ3v) is 6.19. The van der Waals surface area contributed by atoms with Crippen molar-refractivity contribution in [2.45, 2.75) is 44.7 Å². The van der Waals surface area contributed by atoms with Crippen LogP contribution in [0.1, 0.15) is 49.5 Å². The van der Waals surface area contributed by atoms with Crippen LogP contribution in [-0.2, 0) is 11.3 Å². The van der Waals surface area contributed by atoms with Crippen molar-refractivity contribution >= 4 is 22.8 Å². The second-order valence-corrected chi connectivity index (χ2v) is 8.72. The fraction of sp³-hybridized carbons (Fsp3) is 0.250. The van der Waals surface area contributed by atoms with E-state index in [0.29, 0.717) is 25.1 Å². The fourth-order valence-corrected chi connectivity index (χ4v) is 4.35. The number of fused-ring (bicyclic) bond motifs is 1. The van der Waals surface area contributed by atoms with Crippen molar-refractivity contribution in [1.82, 2.24) is 14.9 Å². The Labute approximate surface area is 204 Å². The molecule has 1 atom stereocenters. The number of benzene rings is 3. The number of carboxylic acid groups (broad SMARTS) is 1. The van der Waals surface area contributed by atoms with Crippen LogP contribution in [0.4, 0.5) is 4.79 Å². The number of aromatic amines is 1. The van der Waals surface area contributed by atoms with E-state index in [2.05, 4.69) is 34.2 Å². The minimum Gasteiger partial charge on any atom is -0.465 e. The van der Waals surface area contributed by atoms with Crippen molar-refractivity contribution < 1.29 is 14.7 Å². The molecule has 180 valence electrons. The predicted octanol–water partition coefficient (Wildman–Crippen LogP) is 5.89. The molecule has 0 fully saturated rings. The van der Waals surface area contributed by atoms with Gasteiger partial charge in [-0.3, -0.25) is 9.69 Å². The van der Waals surface area contributed by atoms with Gasteiger partial charge < -0.3 is 15.8 Å². The molecule has 0 bridgehead atoms. The van der Waals surface area contributed by atoms with E-state index in [1.54, 1.807) is 6.20 Å². The Morgan fingerprint density at radius 2 is 1.69 bits per heavy atom. The van der Waals surface area contributed by atoms with Gasteiger partial charge in [0.2, 0.25) is 5.91 Å². The monoisotopic (exact) mass is 470 g/mol. The summed E-state index contributed by atoms with van der Waals surface area (Å²) in [7, 11) is 0. The number of amides is 2. The molecule has 0 radical (unpaired) electrons. The number of unbranched alkanes of at least 4 members (excludes halogenated alkanes) is 2. The van der Waals surface area contributed by atoms with Crippen molar-refractivity contribution in [3.8, 4) is 11.3 Å². The summed E-state index contributed by atoms with van der Waals surface area (Å²) in [6.45, 7) is 0.258. The summed E-state index contributed by atoms with van der Waals surface area (Å²) in [5.41, 5.74) is 8.00. The first-order valence-corrected chi connectivity index (χ1v) is 11.9. The number of H-pyrrole nitrogens is 1. The number of primary amides is 1. The molecular weight excluding hydrogens is 440 g/mol. The van der Waals surface area contributed by atoms with Gasteiger partial charge in [0.25, 0.3) is 0 Å². The van der Waals surface area contributed by atoms with Gasteiger partial charge in [-0.25, -0.2) is 9.78 Å². The van der Waals surface area contributed by atoms with E-state index >= 15 is 0 Å². The first-order valence-electron chi connectivity index (χ1n) is 11.9. The van der Waals surface area contributed by atoms with Crippen molar-refractivity contribution in [2.24, 2.45) is 5.73 Å². The molecule has 0 saturated carbocycles. The lowest BCUT2D eigenvalue weighted by Gasteiger charge is -2.28. The van der Waals surface area contributed by atoms with Crippen molar-refractivity contribution in [3.05, 3.63) is 90.4 Å². The highest BCUT2D eigenvalue weighted by atomic mass is 16.4. The summed E-state index contributed by atoms with van der Waals surface area (Å²) in [5, 5.41) is 12.4. The molecule has 4 rings (SSSR count). The zero-order chi connectivity index (χ0) is 24.6. The molecular formula is C28H30N4O3. The first kappa shape index (κ1) is 24.0. The highest BCUT2D eigenvalue weighted by Gasteiger charge is 2.27. The Morgan fingerprint density at radius 1 is 0.943 bits per heavy atom. The number of hydrogen-bond donors (Lipinski definition) is 3. The summed E-state index contributed by atoms with van der Waals surface area (Å²) in [5.74, 6) is 0.297. The quantitative estimate of drug-likeness (QED) is 0.237. The van der Waals surface area contributed by atoms with Gasteiger partial charge in [-0.2, -0.15) is 0 Å². The summed E-state index contributed by atoms with van der Waals surface area (Å²) in [6.07, 6.45) is 3.92. The second-order valence-electron chi connectivity index (χ2n) is 8.72. The number of rotatable bonds is 11. The fourth-order valence-electron chi connectivity index (χ4n) is 4.35.